The summed E-state index contributed by atoms with van der Waals surface area (Å²) in [5.74, 6) is 0.654. The molecular weight excluding hydrogens is 391 g/mol. The van der Waals surface area contributed by atoms with Gasteiger partial charge in [0.1, 0.15) is 11.6 Å². The Labute approximate surface area is 182 Å². The van der Waals surface area contributed by atoms with Crippen LogP contribution in [0.4, 0.5) is 10.2 Å². The van der Waals surface area contributed by atoms with Crippen LogP contribution in [-0.2, 0) is 16.9 Å². The second-order valence-corrected chi connectivity index (χ2v) is 8.60. The highest BCUT2D eigenvalue weighted by Gasteiger charge is 2.37. The molecule has 5 nitrogen and oxygen atoms in total. The number of hydrogen-bond donors (Lipinski definition) is 1. The molecule has 3 aromatic rings. The molecular formula is C25H29FN4O. The van der Waals surface area contributed by atoms with Crippen LogP contribution in [0.25, 0.3) is 10.9 Å². The minimum absolute atomic E-state index is 0.0635. The number of amides is 1. The average Bonchev–Trinajstić information content (AvgIpc) is 2.74. The van der Waals surface area contributed by atoms with Gasteiger partial charge in [-0.15, -0.1) is 0 Å². The Kier molecular flexibility index (Phi) is 5.92. The monoisotopic (exact) mass is 420 g/mol. The van der Waals surface area contributed by atoms with E-state index in [0.717, 1.165) is 54.8 Å². The molecule has 0 bridgehead atoms. The Morgan fingerprint density at radius 3 is 2.45 bits per heavy atom. The lowest BCUT2D eigenvalue weighted by molar-refractivity contribution is -0.121. The van der Waals surface area contributed by atoms with Gasteiger partial charge >= 0.3 is 0 Å². The van der Waals surface area contributed by atoms with E-state index in [4.69, 9.17) is 4.98 Å². The summed E-state index contributed by atoms with van der Waals surface area (Å²) in [6, 6.07) is 16.9. The number of rotatable bonds is 5. The fourth-order valence-corrected chi connectivity index (χ4v) is 4.58. The molecule has 2 heterocycles. The first-order valence-electron chi connectivity index (χ1n) is 10.7. The highest BCUT2D eigenvalue weighted by atomic mass is 19.1. The summed E-state index contributed by atoms with van der Waals surface area (Å²) in [4.78, 5) is 21.3. The van der Waals surface area contributed by atoms with Gasteiger partial charge in [-0.05, 0) is 42.7 Å². The van der Waals surface area contributed by atoms with Crippen LogP contribution in [-0.4, -0.2) is 43.0 Å². The van der Waals surface area contributed by atoms with Crippen molar-refractivity contribution in [1.82, 2.24) is 15.2 Å². The van der Waals surface area contributed by atoms with Gasteiger partial charge in [-0.1, -0.05) is 30.3 Å². The summed E-state index contributed by atoms with van der Waals surface area (Å²) in [5.41, 5.74) is 2.69. The number of carbonyl (C=O) groups is 1. The molecule has 0 aliphatic carbocycles. The van der Waals surface area contributed by atoms with Gasteiger partial charge in [0, 0.05) is 51.6 Å². The van der Waals surface area contributed by atoms with E-state index in [1.807, 2.05) is 32.3 Å². The standard InChI is InChI=1S/C25H29FN4O/c1-18(31)28-25(21-8-10-22(26)11-9-21)12-14-30(15-13-25)17-20-16-19-6-4-5-7-23(19)27-24(20)29(2)3/h4-11,16H,12-15,17H2,1-3H3,(H,28,31). The second kappa shape index (κ2) is 8.63. The topological polar surface area (TPSA) is 48.5 Å². The van der Waals surface area contributed by atoms with E-state index in [9.17, 15) is 9.18 Å². The Morgan fingerprint density at radius 1 is 1.13 bits per heavy atom. The van der Waals surface area contributed by atoms with Crippen LogP contribution in [0.3, 0.4) is 0 Å². The van der Waals surface area contributed by atoms with Crippen LogP contribution in [0, 0.1) is 5.82 Å². The molecule has 1 fully saturated rings. The van der Waals surface area contributed by atoms with Crippen molar-refractivity contribution < 1.29 is 9.18 Å². The van der Waals surface area contributed by atoms with Gasteiger partial charge in [0.05, 0.1) is 11.1 Å². The van der Waals surface area contributed by atoms with Crippen molar-refractivity contribution in [1.29, 1.82) is 0 Å². The number of piperidine rings is 1. The minimum Gasteiger partial charge on any atom is -0.362 e. The number of para-hydroxylation sites is 1. The number of likely N-dealkylation sites (tertiary alicyclic amines) is 1. The fraction of sp³-hybridized carbons (Fsp3) is 0.360. The first-order chi connectivity index (χ1) is 14.9. The first kappa shape index (κ1) is 21.2. The van der Waals surface area contributed by atoms with Gasteiger partial charge in [-0.25, -0.2) is 9.37 Å². The summed E-state index contributed by atoms with van der Waals surface area (Å²) in [7, 11) is 4.04. The molecule has 1 saturated heterocycles. The predicted octanol–water partition coefficient (Wildman–Crippen LogP) is 4.07. The maximum absolute atomic E-state index is 13.5. The van der Waals surface area contributed by atoms with Crippen LogP contribution in [0.5, 0.6) is 0 Å². The van der Waals surface area contributed by atoms with Gasteiger partial charge in [0.15, 0.2) is 0 Å². The SMILES string of the molecule is CC(=O)NC1(c2ccc(F)cc2)CCN(Cc2cc3ccccc3nc2N(C)C)CC1. The van der Waals surface area contributed by atoms with E-state index in [2.05, 4.69) is 27.2 Å². The molecule has 0 spiro atoms. The third-order valence-corrected chi connectivity index (χ3v) is 6.12. The molecule has 1 N–H and O–H groups in total. The van der Waals surface area contributed by atoms with Crippen molar-refractivity contribution in [2.24, 2.45) is 0 Å². The van der Waals surface area contributed by atoms with E-state index in [0.29, 0.717) is 0 Å². The van der Waals surface area contributed by atoms with Gasteiger partial charge in [-0.3, -0.25) is 9.69 Å². The third kappa shape index (κ3) is 4.54. The van der Waals surface area contributed by atoms with Crippen LogP contribution < -0.4 is 10.2 Å². The maximum Gasteiger partial charge on any atom is 0.217 e. The van der Waals surface area contributed by atoms with Crippen LogP contribution in [0.2, 0.25) is 0 Å². The minimum atomic E-state index is -0.456. The van der Waals surface area contributed by atoms with Gasteiger partial charge in [0.2, 0.25) is 5.91 Å². The van der Waals surface area contributed by atoms with Gasteiger partial charge < -0.3 is 10.2 Å². The molecule has 6 heteroatoms. The van der Waals surface area contributed by atoms with Crippen LogP contribution in [0.1, 0.15) is 30.9 Å². The van der Waals surface area contributed by atoms with E-state index >= 15 is 0 Å². The summed E-state index contributed by atoms with van der Waals surface area (Å²) >= 11 is 0. The third-order valence-electron chi connectivity index (χ3n) is 6.12. The van der Waals surface area contributed by atoms with E-state index in [1.165, 1.54) is 17.7 Å². The van der Waals surface area contributed by atoms with Crippen molar-refractivity contribution in [2.75, 3.05) is 32.1 Å². The molecule has 1 amide bonds. The zero-order valence-electron chi connectivity index (χ0n) is 18.4. The number of hydrogen-bond acceptors (Lipinski definition) is 4. The maximum atomic E-state index is 13.5. The molecule has 31 heavy (non-hydrogen) atoms. The Morgan fingerprint density at radius 2 is 1.81 bits per heavy atom. The first-order valence-corrected chi connectivity index (χ1v) is 10.7. The normalized spacial score (nSPS) is 16.3. The summed E-state index contributed by atoms with van der Waals surface area (Å²) in [6.45, 7) is 4.00. The summed E-state index contributed by atoms with van der Waals surface area (Å²) < 4.78 is 13.5. The molecule has 1 aromatic heterocycles. The lowest BCUT2D eigenvalue weighted by Crippen LogP contribution is -2.52. The quantitative estimate of drug-likeness (QED) is 0.676. The van der Waals surface area contributed by atoms with Crippen molar-refractivity contribution in [3.63, 3.8) is 0 Å². The van der Waals surface area contributed by atoms with E-state index in [1.54, 1.807) is 19.1 Å². The molecule has 1 aliphatic rings. The number of pyridine rings is 1. The zero-order chi connectivity index (χ0) is 22.0. The van der Waals surface area contributed by atoms with Crippen molar-refractivity contribution in [3.05, 3.63) is 71.5 Å². The molecule has 0 unspecified atom stereocenters. The summed E-state index contributed by atoms with van der Waals surface area (Å²) in [5, 5.41) is 4.30. The van der Waals surface area contributed by atoms with Crippen molar-refractivity contribution in [2.45, 2.75) is 31.8 Å². The lowest BCUT2D eigenvalue weighted by Gasteiger charge is -2.43. The van der Waals surface area contributed by atoms with E-state index < -0.39 is 5.54 Å². The molecule has 0 saturated carbocycles. The number of carbonyl (C=O) groups excluding carboxylic acids is 1. The molecule has 4 rings (SSSR count). The molecule has 0 atom stereocenters. The molecule has 1 aliphatic heterocycles. The van der Waals surface area contributed by atoms with Crippen molar-refractivity contribution in [3.8, 4) is 0 Å². The number of benzene rings is 2. The number of anilines is 1. The highest BCUT2D eigenvalue weighted by molar-refractivity contribution is 5.81. The Balaban J connectivity index is 1.56. The molecule has 0 radical (unpaired) electrons. The van der Waals surface area contributed by atoms with E-state index in [-0.39, 0.29) is 11.7 Å². The Bertz CT molecular complexity index is 1070. The number of aromatic nitrogens is 1. The zero-order valence-corrected chi connectivity index (χ0v) is 18.4. The predicted molar refractivity (Wildman–Crippen MR) is 122 cm³/mol. The smallest absolute Gasteiger partial charge is 0.217 e. The lowest BCUT2D eigenvalue weighted by atomic mass is 9.80. The fourth-order valence-electron chi connectivity index (χ4n) is 4.58. The van der Waals surface area contributed by atoms with Gasteiger partial charge in [-0.2, -0.15) is 0 Å². The second-order valence-electron chi connectivity index (χ2n) is 8.60. The van der Waals surface area contributed by atoms with Crippen LogP contribution >= 0.6 is 0 Å². The largest absolute Gasteiger partial charge is 0.362 e. The summed E-state index contributed by atoms with van der Waals surface area (Å²) in [6.07, 6.45) is 1.55. The number of nitrogens with one attached hydrogen (secondary N) is 1. The van der Waals surface area contributed by atoms with Crippen LogP contribution in [0.15, 0.2) is 54.6 Å². The van der Waals surface area contributed by atoms with Gasteiger partial charge in [0.25, 0.3) is 0 Å². The number of halogens is 1. The molecule has 2 aromatic carbocycles. The highest BCUT2D eigenvalue weighted by Crippen LogP contribution is 2.34. The van der Waals surface area contributed by atoms with Crippen molar-refractivity contribution >= 4 is 22.6 Å². The number of nitrogens with zero attached hydrogens (tertiary/aromatic N) is 3. The average molecular weight is 421 g/mol. The Hall–Kier alpha value is -2.99. The number of fused-ring (bicyclic) bond motifs is 1. The molecule has 162 valence electrons.